The smallest absolute Gasteiger partial charge is 0.234 e. The van der Waals surface area contributed by atoms with Crippen molar-refractivity contribution in [1.82, 2.24) is 10.2 Å². The zero-order chi connectivity index (χ0) is 11.5. The van der Waals surface area contributed by atoms with Gasteiger partial charge in [-0.3, -0.25) is 9.69 Å². The molecule has 3 N–H and O–H groups in total. The molecule has 0 saturated carbocycles. The molecule has 0 unspecified atom stereocenters. The van der Waals surface area contributed by atoms with Gasteiger partial charge < -0.3 is 11.1 Å². The van der Waals surface area contributed by atoms with Crippen LogP contribution in [-0.2, 0) is 4.79 Å². The summed E-state index contributed by atoms with van der Waals surface area (Å²) in [5, 5.41) is 3.03. The summed E-state index contributed by atoms with van der Waals surface area (Å²) < 4.78 is 0. The van der Waals surface area contributed by atoms with Crippen molar-refractivity contribution < 1.29 is 4.79 Å². The van der Waals surface area contributed by atoms with Crippen LogP contribution < -0.4 is 11.1 Å². The minimum absolute atomic E-state index is 0. The van der Waals surface area contributed by atoms with Gasteiger partial charge >= 0.3 is 0 Å². The average Bonchev–Trinajstić information content (AvgIpc) is 2.50. The highest BCUT2D eigenvalue weighted by molar-refractivity contribution is 5.85. The monoisotopic (exact) mass is 249 g/mol. The maximum Gasteiger partial charge on any atom is 0.234 e. The van der Waals surface area contributed by atoms with Gasteiger partial charge in [0.25, 0.3) is 0 Å². The molecule has 96 valence electrons. The van der Waals surface area contributed by atoms with Crippen molar-refractivity contribution in [2.45, 2.75) is 45.2 Å². The fourth-order valence-corrected chi connectivity index (χ4v) is 1.71. The lowest BCUT2D eigenvalue weighted by Crippen LogP contribution is -2.47. The van der Waals surface area contributed by atoms with Gasteiger partial charge in [-0.2, -0.15) is 0 Å². The maximum atomic E-state index is 11.7. The maximum absolute atomic E-state index is 11.7. The molecule has 1 aliphatic rings. The Bertz CT molecular complexity index is 233. The minimum atomic E-state index is -0.0983. The number of nitrogens with two attached hydrogens (primary N) is 1. The molecular weight excluding hydrogens is 226 g/mol. The van der Waals surface area contributed by atoms with Crippen molar-refractivity contribution in [3.63, 3.8) is 0 Å². The van der Waals surface area contributed by atoms with Crippen LogP contribution in [-0.4, -0.2) is 42.0 Å². The van der Waals surface area contributed by atoms with Gasteiger partial charge in [0.05, 0.1) is 6.54 Å². The fourth-order valence-electron chi connectivity index (χ4n) is 1.71. The summed E-state index contributed by atoms with van der Waals surface area (Å²) in [4.78, 5) is 13.8. The van der Waals surface area contributed by atoms with Crippen molar-refractivity contribution in [2.24, 2.45) is 5.73 Å². The topological polar surface area (TPSA) is 58.4 Å². The molecule has 16 heavy (non-hydrogen) atoms. The first-order valence-electron chi connectivity index (χ1n) is 5.72. The van der Waals surface area contributed by atoms with Gasteiger partial charge in [-0.25, -0.2) is 0 Å². The molecule has 0 aromatic rings. The lowest BCUT2D eigenvalue weighted by atomic mass is 10.0. The molecule has 4 nitrogen and oxygen atoms in total. The molecule has 1 amide bonds. The summed E-state index contributed by atoms with van der Waals surface area (Å²) in [5.74, 6) is 0.107. The lowest BCUT2D eigenvalue weighted by molar-refractivity contribution is -0.123. The molecule has 1 rings (SSSR count). The van der Waals surface area contributed by atoms with Crippen LogP contribution in [0.15, 0.2) is 0 Å². The van der Waals surface area contributed by atoms with E-state index < -0.39 is 0 Å². The van der Waals surface area contributed by atoms with E-state index in [9.17, 15) is 4.79 Å². The van der Waals surface area contributed by atoms with Crippen LogP contribution in [0.1, 0.15) is 33.6 Å². The predicted octanol–water partition coefficient (Wildman–Crippen LogP) is 0.746. The third kappa shape index (κ3) is 5.14. The molecule has 1 fully saturated rings. The Morgan fingerprint density at radius 2 is 2.19 bits per heavy atom. The average molecular weight is 250 g/mol. The van der Waals surface area contributed by atoms with Crippen molar-refractivity contribution in [2.75, 3.05) is 19.6 Å². The zero-order valence-electron chi connectivity index (χ0n) is 10.5. The van der Waals surface area contributed by atoms with Crippen molar-refractivity contribution in [1.29, 1.82) is 0 Å². The normalized spacial score (nSPS) is 21.6. The van der Waals surface area contributed by atoms with Gasteiger partial charge in [0.15, 0.2) is 0 Å². The highest BCUT2D eigenvalue weighted by Crippen LogP contribution is 2.09. The number of hydrogen-bond acceptors (Lipinski definition) is 3. The summed E-state index contributed by atoms with van der Waals surface area (Å²) in [7, 11) is 0. The number of likely N-dealkylation sites (tertiary alicyclic amines) is 1. The molecule has 0 aliphatic carbocycles. The van der Waals surface area contributed by atoms with E-state index in [0.29, 0.717) is 6.54 Å². The molecule has 0 bridgehead atoms. The van der Waals surface area contributed by atoms with Crippen LogP contribution in [0.3, 0.4) is 0 Å². The first kappa shape index (κ1) is 15.7. The predicted molar refractivity (Wildman–Crippen MR) is 68.8 cm³/mol. The van der Waals surface area contributed by atoms with Crippen molar-refractivity contribution >= 4 is 18.3 Å². The molecule has 0 spiro atoms. The first-order valence-corrected chi connectivity index (χ1v) is 5.72. The number of amides is 1. The van der Waals surface area contributed by atoms with Crippen LogP contribution >= 0.6 is 12.4 Å². The Hall–Kier alpha value is -0.320. The summed E-state index contributed by atoms with van der Waals surface area (Å²) in [5.41, 5.74) is 5.68. The Balaban J connectivity index is 0.00000225. The number of halogens is 1. The quantitative estimate of drug-likeness (QED) is 0.773. The van der Waals surface area contributed by atoms with Crippen molar-refractivity contribution in [3.05, 3.63) is 0 Å². The van der Waals surface area contributed by atoms with Crippen LogP contribution in [0.25, 0.3) is 0 Å². The van der Waals surface area contributed by atoms with E-state index in [1.807, 2.05) is 13.8 Å². The molecule has 5 heteroatoms. The summed E-state index contributed by atoms with van der Waals surface area (Å²) in [6, 6.07) is 0.247. The van der Waals surface area contributed by atoms with Crippen molar-refractivity contribution in [3.8, 4) is 0 Å². The second-order valence-corrected chi connectivity index (χ2v) is 5.07. The fraction of sp³-hybridized carbons (Fsp3) is 0.909. The Kier molecular flexibility index (Phi) is 6.30. The van der Waals surface area contributed by atoms with E-state index in [4.69, 9.17) is 5.73 Å². The molecule has 0 aromatic heterocycles. The number of nitrogens with zero attached hydrogens (tertiary/aromatic N) is 1. The van der Waals surface area contributed by atoms with Gasteiger partial charge in [-0.1, -0.05) is 6.92 Å². The van der Waals surface area contributed by atoms with E-state index in [2.05, 4.69) is 17.1 Å². The van der Waals surface area contributed by atoms with E-state index in [-0.39, 0.29) is 29.9 Å². The van der Waals surface area contributed by atoms with Gasteiger partial charge in [-0.15, -0.1) is 12.4 Å². The number of nitrogens with one attached hydrogen (secondary N) is 1. The molecule has 0 aromatic carbocycles. The van der Waals surface area contributed by atoms with Gasteiger partial charge in [0.2, 0.25) is 5.91 Å². The molecule has 1 aliphatic heterocycles. The van der Waals surface area contributed by atoms with E-state index in [1.165, 1.54) is 0 Å². The third-order valence-corrected chi connectivity index (χ3v) is 3.04. The molecule has 1 heterocycles. The minimum Gasteiger partial charge on any atom is -0.350 e. The molecule has 1 atom stereocenters. The second-order valence-electron chi connectivity index (χ2n) is 5.07. The number of carbonyl (C=O) groups is 1. The number of hydrogen-bond donors (Lipinski definition) is 2. The van der Waals surface area contributed by atoms with Crippen LogP contribution in [0.4, 0.5) is 0 Å². The third-order valence-electron chi connectivity index (χ3n) is 3.04. The van der Waals surface area contributed by atoms with Gasteiger partial charge in [-0.05, 0) is 26.7 Å². The van der Waals surface area contributed by atoms with E-state index in [0.717, 1.165) is 25.9 Å². The Morgan fingerprint density at radius 1 is 1.56 bits per heavy atom. The highest BCUT2D eigenvalue weighted by atomic mass is 35.5. The summed E-state index contributed by atoms with van der Waals surface area (Å²) >= 11 is 0. The highest BCUT2D eigenvalue weighted by Gasteiger charge is 2.23. The molecule has 1 saturated heterocycles. The number of carbonyl (C=O) groups excluding carboxylic acids is 1. The Labute approximate surface area is 104 Å². The largest absolute Gasteiger partial charge is 0.350 e. The summed E-state index contributed by atoms with van der Waals surface area (Å²) in [6.45, 7) is 8.44. The van der Waals surface area contributed by atoms with Crippen LogP contribution in [0, 0.1) is 0 Å². The zero-order valence-corrected chi connectivity index (χ0v) is 11.3. The van der Waals surface area contributed by atoms with E-state index >= 15 is 0 Å². The molecular formula is C11H24ClN3O. The van der Waals surface area contributed by atoms with Crippen LogP contribution in [0.5, 0.6) is 0 Å². The number of rotatable bonds is 4. The summed E-state index contributed by atoms with van der Waals surface area (Å²) in [6.07, 6.45) is 1.95. The SMILES string of the molecule is CCC(C)(C)NC(=O)CN1CC[C@H](N)C1.Cl. The van der Waals surface area contributed by atoms with Crippen LogP contribution in [0.2, 0.25) is 0 Å². The Morgan fingerprint density at radius 3 is 2.62 bits per heavy atom. The molecule has 0 radical (unpaired) electrons. The standard InChI is InChI=1S/C11H23N3O.ClH/c1-4-11(2,3)13-10(15)8-14-6-5-9(12)7-14;/h9H,4-8,12H2,1-3H3,(H,13,15);1H/t9-;/m0./s1. The van der Waals surface area contributed by atoms with E-state index in [1.54, 1.807) is 0 Å². The first-order chi connectivity index (χ1) is 6.93. The van der Waals surface area contributed by atoms with Gasteiger partial charge in [0, 0.05) is 24.7 Å². The second kappa shape index (κ2) is 6.42. The lowest BCUT2D eigenvalue weighted by Gasteiger charge is -2.26. The van der Waals surface area contributed by atoms with Gasteiger partial charge in [0.1, 0.15) is 0 Å².